The second-order valence-electron chi connectivity index (χ2n) is 8.49. The Kier molecular flexibility index (Phi) is 5.26. The van der Waals surface area contributed by atoms with Gasteiger partial charge < -0.3 is 31.4 Å². The number of allylic oxidation sites excluding steroid dienone is 1. The zero-order valence-electron chi connectivity index (χ0n) is 17.6. The Balaban J connectivity index is 1.68. The van der Waals surface area contributed by atoms with Gasteiger partial charge in [0.1, 0.15) is 17.2 Å². The molecule has 0 aromatic heterocycles. The van der Waals surface area contributed by atoms with Gasteiger partial charge in [-0.05, 0) is 32.4 Å². The van der Waals surface area contributed by atoms with Gasteiger partial charge in [-0.1, -0.05) is 0 Å². The summed E-state index contributed by atoms with van der Waals surface area (Å²) in [6.45, 7) is 5.16. The first-order chi connectivity index (χ1) is 14.8. The first-order valence-electron chi connectivity index (χ1n) is 10.2. The van der Waals surface area contributed by atoms with E-state index in [1.54, 1.807) is 18.5 Å². The lowest BCUT2D eigenvalue weighted by molar-refractivity contribution is -0.121. The highest BCUT2D eigenvalue weighted by Gasteiger charge is 2.34. The van der Waals surface area contributed by atoms with E-state index in [1.165, 1.54) is 0 Å². The van der Waals surface area contributed by atoms with Crippen LogP contribution in [0.3, 0.4) is 0 Å². The minimum atomic E-state index is -0.449. The quantitative estimate of drug-likeness (QED) is 0.423. The van der Waals surface area contributed by atoms with Gasteiger partial charge in [0.25, 0.3) is 5.91 Å². The Morgan fingerprint density at radius 2 is 2.23 bits per heavy atom. The van der Waals surface area contributed by atoms with Crippen molar-refractivity contribution in [2.24, 2.45) is 16.6 Å². The lowest BCUT2D eigenvalue weighted by Crippen LogP contribution is -2.28. The van der Waals surface area contributed by atoms with Crippen molar-refractivity contribution in [3.8, 4) is 5.75 Å². The largest absolute Gasteiger partial charge is 0.487 e. The van der Waals surface area contributed by atoms with Gasteiger partial charge in [-0.15, -0.1) is 0 Å². The molecule has 3 aliphatic rings. The normalized spacial score (nSPS) is 22.4. The summed E-state index contributed by atoms with van der Waals surface area (Å²) in [7, 11) is 0. The molecule has 3 aliphatic heterocycles. The summed E-state index contributed by atoms with van der Waals surface area (Å²) in [5.74, 6) is 0.0692. The molecule has 162 valence electrons. The van der Waals surface area contributed by atoms with Crippen LogP contribution >= 0.6 is 0 Å². The van der Waals surface area contributed by atoms with Gasteiger partial charge in [0.15, 0.2) is 0 Å². The second-order valence-corrected chi connectivity index (χ2v) is 8.49. The lowest BCUT2D eigenvalue weighted by Gasteiger charge is -2.23. The predicted octanol–water partition coefficient (Wildman–Crippen LogP) is 1.70. The molecule has 31 heavy (non-hydrogen) atoms. The van der Waals surface area contributed by atoms with Crippen LogP contribution in [0.1, 0.15) is 25.8 Å². The van der Waals surface area contributed by atoms with E-state index in [1.807, 2.05) is 30.9 Å². The number of nitrogens with one attached hydrogen (secondary N) is 3. The van der Waals surface area contributed by atoms with Gasteiger partial charge in [0.05, 0.1) is 22.9 Å². The van der Waals surface area contributed by atoms with E-state index in [0.29, 0.717) is 37.4 Å². The van der Waals surface area contributed by atoms with E-state index in [-0.39, 0.29) is 23.0 Å². The van der Waals surface area contributed by atoms with Crippen LogP contribution in [-0.4, -0.2) is 42.9 Å². The fourth-order valence-electron chi connectivity index (χ4n) is 4.12. The standard InChI is InChI=1S/C22H26N6O3/c1-22(2)10-14-8-16(27-21(30)15(11-23)20-25-5-3-6-26-20)17(9-18(14)31-22)28-7-4-13(12-28)19(24)29/h3,5-6,8-9,11,13,23,25H,4,7,10,12H2,1-2H3,(H2,24,29)(H,27,30)/b20-15-,23-11?. The molecule has 0 radical (unpaired) electrons. The monoisotopic (exact) mass is 422 g/mol. The number of nitrogens with zero attached hydrogens (tertiary/aromatic N) is 2. The summed E-state index contributed by atoms with van der Waals surface area (Å²) in [5, 5.41) is 13.5. The van der Waals surface area contributed by atoms with E-state index in [9.17, 15) is 9.59 Å². The van der Waals surface area contributed by atoms with Gasteiger partial charge >= 0.3 is 0 Å². The van der Waals surface area contributed by atoms with Gasteiger partial charge in [-0.2, -0.15) is 0 Å². The number of carbonyl (C=O) groups is 2. The van der Waals surface area contributed by atoms with E-state index >= 15 is 0 Å². The summed E-state index contributed by atoms with van der Waals surface area (Å²) >= 11 is 0. The molecule has 3 heterocycles. The summed E-state index contributed by atoms with van der Waals surface area (Å²) in [6.07, 6.45) is 7.25. The Labute approximate surface area is 180 Å². The molecule has 9 heteroatoms. The zero-order valence-corrected chi connectivity index (χ0v) is 17.6. The van der Waals surface area contributed by atoms with Crippen molar-refractivity contribution in [3.05, 3.63) is 41.4 Å². The van der Waals surface area contributed by atoms with Crippen LogP contribution in [0.2, 0.25) is 0 Å². The van der Waals surface area contributed by atoms with Crippen LogP contribution in [0.15, 0.2) is 40.8 Å². The van der Waals surface area contributed by atoms with Crippen LogP contribution in [-0.2, 0) is 16.0 Å². The molecule has 0 spiro atoms. The summed E-state index contributed by atoms with van der Waals surface area (Å²) in [5.41, 5.74) is 7.65. The average Bonchev–Trinajstić information content (AvgIpc) is 3.32. The number of hydrogen-bond donors (Lipinski definition) is 4. The van der Waals surface area contributed by atoms with Crippen LogP contribution in [0.25, 0.3) is 0 Å². The van der Waals surface area contributed by atoms with E-state index in [2.05, 4.69) is 15.6 Å². The molecule has 0 saturated carbocycles. The predicted molar refractivity (Wildman–Crippen MR) is 120 cm³/mol. The van der Waals surface area contributed by atoms with Crippen LogP contribution in [0, 0.1) is 11.3 Å². The number of benzene rings is 1. The van der Waals surface area contributed by atoms with Gasteiger partial charge in [-0.25, -0.2) is 4.99 Å². The molecule has 1 aromatic carbocycles. The maximum Gasteiger partial charge on any atom is 0.261 e. The fourth-order valence-corrected chi connectivity index (χ4v) is 4.12. The zero-order chi connectivity index (χ0) is 22.2. The molecule has 1 fully saturated rings. The molecule has 1 aromatic rings. The molecule has 4 rings (SSSR count). The summed E-state index contributed by atoms with van der Waals surface area (Å²) < 4.78 is 6.08. The molecule has 1 saturated heterocycles. The van der Waals surface area contributed by atoms with E-state index in [0.717, 1.165) is 23.2 Å². The molecule has 0 aliphatic carbocycles. The Hall–Kier alpha value is -3.62. The molecule has 9 nitrogen and oxygen atoms in total. The molecular weight excluding hydrogens is 396 g/mol. The number of primary amides is 1. The fraction of sp³-hybridized carbons (Fsp3) is 0.364. The Morgan fingerprint density at radius 3 is 2.87 bits per heavy atom. The Morgan fingerprint density at radius 1 is 1.42 bits per heavy atom. The maximum atomic E-state index is 13.0. The molecule has 1 unspecified atom stereocenters. The number of nitrogens with two attached hydrogens (primary N) is 1. The third kappa shape index (κ3) is 4.16. The third-order valence-electron chi connectivity index (χ3n) is 5.61. The van der Waals surface area contributed by atoms with Crippen molar-refractivity contribution in [1.82, 2.24) is 5.32 Å². The van der Waals surface area contributed by atoms with Crippen molar-refractivity contribution in [2.75, 3.05) is 23.3 Å². The number of aliphatic imine (C=N–C) groups is 1. The number of amides is 2. The minimum Gasteiger partial charge on any atom is -0.487 e. The molecule has 2 amide bonds. The van der Waals surface area contributed by atoms with Crippen molar-refractivity contribution >= 4 is 35.6 Å². The van der Waals surface area contributed by atoms with Gasteiger partial charge in [0.2, 0.25) is 5.91 Å². The minimum absolute atomic E-state index is 0.111. The number of hydrogen-bond acceptors (Lipinski definition) is 7. The highest BCUT2D eigenvalue weighted by molar-refractivity contribution is 6.18. The van der Waals surface area contributed by atoms with Crippen molar-refractivity contribution in [3.63, 3.8) is 0 Å². The SMILES string of the molecule is CC1(C)Cc2cc(NC(=O)/C(C=N)=C3\N=CC=CN3)c(N3CCC(C(N)=O)C3)cc2O1. The number of fused-ring (bicyclic) bond motifs is 1. The van der Waals surface area contributed by atoms with Gasteiger partial charge in [0, 0.05) is 49.8 Å². The molecular formula is C22H26N6O3. The topological polar surface area (TPSA) is 133 Å². The smallest absolute Gasteiger partial charge is 0.261 e. The average molecular weight is 422 g/mol. The number of ether oxygens (including phenoxy) is 1. The van der Waals surface area contributed by atoms with E-state index in [4.69, 9.17) is 15.9 Å². The summed E-state index contributed by atoms with van der Waals surface area (Å²) in [6, 6.07) is 3.83. The lowest BCUT2D eigenvalue weighted by atomic mass is 10.0. The van der Waals surface area contributed by atoms with Crippen molar-refractivity contribution in [2.45, 2.75) is 32.3 Å². The maximum absolute atomic E-state index is 13.0. The highest BCUT2D eigenvalue weighted by Crippen LogP contribution is 2.42. The molecule has 5 N–H and O–H groups in total. The number of anilines is 2. The van der Waals surface area contributed by atoms with Crippen molar-refractivity contribution in [1.29, 1.82) is 5.41 Å². The first kappa shape index (κ1) is 20.6. The van der Waals surface area contributed by atoms with Gasteiger partial charge in [-0.3, -0.25) is 9.59 Å². The van der Waals surface area contributed by atoms with Crippen LogP contribution < -0.4 is 26.0 Å². The second kappa shape index (κ2) is 7.90. The van der Waals surface area contributed by atoms with Crippen LogP contribution in [0.5, 0.6) is 5.75 Å². The molecule has 0 bridgehead atoms. The third-order valence-corrected chi connectivity index (χ3v) is 5.61. The Bertz CT molecular complexity index is 1040. The number of carbonyl (C=O) groups excluding carboxylic acids is 2. The summed E-state index contributed by atoms with van der Waals surface area (Å²) in [4.78, 5) is 30.9. The number of rotatable bonds is 5. The first-order valence-corrected chi connectivity index (χ1v) is 10.2. The molecule has 1 atom stereocenters. The highest BCUT2D eigenvalue weighted by atomic mass is 16.5. The van der Waals surface area contributed by atoms with Crippen molar-refractivity contribution < 1.29 is 14.3 Å². The van der Waals surface area contributed by atoms with E-state index < -0.39 is 5.91 Å². The van der Waals surface area contributed by atoms with Crippen LogP contribution in [0.4, 0.5) is 11.4 Å².